The Hall–Kier alpha value is -2.24. The fourth-order valence-corrected chi connectivity index (χ4v) is 3.96. The fraction of sp³-hybridized carbons (Fsp3) is 0.526. The molecule has 2 aliphatic heterocycles. The van der Waals surface area contributed by atoms with Crippen LogP contribution >= 0.6 is 0 Å². The number of aliphatic carboxylic acids is 1. The summed E-state index contributed by atoms with van der Waals surface area (Å²) in [5.41, 5.74) is 2.83. The molecule has 0 unspecified atom stereocenters. The number of carboxylic acid groups (broad SMARTS) is 1. The van der Waals surface area contributed by atoms with Gasteiger partial charge < -0.3 is 10.0 Å². The van der Waals surface area contributed by atoms with Crippen LogP contribution < -0.4 is 0 Å². The summed E-state index contributed by atoms with van der Waals surface area (Å²) in [6.07, 6.45) is 2.15. The maximum atomic E-state index is 13.5. The molecule has 1 aromatic rings. The minimum absolute atomic E-state index is 0.0202. The standard InChI is InChI=1S/C19H23FN2O3/c1-12(23)22-7-5-13(10-19(24)25)15(11-22)9-18-17-3-2-16(20)8-14(17)4-6-21-18/h2-3,8,13,15H,4-7,9-11H2,1H3,(H,24,25)/t13-,15-/m0/s1. The van der Waals surface area contributed by atoms with Gasteiger partial charge in [-0.25, -0.2) is 4.39 Å². The highest BCUT2D eigenvalue weighted by Crippen LogP contribution is 2.32. The van der Waals surface area contributed by atoms with Gasteiger partial charge in [-0.1, -0.05) is 0 Å². The molecule has 2 heterocycles. The highest BCUT2D eigenvalue weighted by Gasteiger charge is 2.33. The van der Waals surface area contributed by atoms with E-state index in [1.165, 1.54) is 6.07 Å². The summed E-state index contributed by atoms with van der Waals surface area (Å²) >= 11 is 0. The van der Waals surface area contributed by atoms with Gasteiger partial charge in [0.2, 0.25) is 5.91 Å². The van der Waals surface area contributed by atoms with Crippen molar-refractivity contribution in [3.63, 3.8) is 0 Å². The average Bonchev–Trinajstić information content (AvgIpc) is 2.55. The first kappa shape index (κ1) is 17.6. The lowest BCUT2D eigenvalue weighted by Crippen LogP contribution is -2.44. The monoisotopic (exact) mass is 346 g/mol. The molecule has 1 amide bonds. The van der Waals surface area contributed by atoms with E-state index >= 15 is 0 Å². The first-order valence-corrected chi connectivity index (χ1v) is 8.73. The van der Waals surface area contributed by atoms with E-state index < -0.39 is 5.97 Å². The molecule has 134 valence electrons. The van der Waals surface area contributed by atoms with E-state index in [9.17, 15) is 19.1 Å². The van der Waals surface area contributed by atoms with Gasteiger partial charge in [0.05, 0.1) is 0 Å². The van der Waals surface area contributed by atoms with Crippen molar-refractivity contribution in [2.75, 3.05) is 19.6 Å². The van der Waals surface area contributed by atoms with E-state index in [4.69, 9.17) is 0 Å². The molecule has 1 aromatic carbocycles. The van der Waals surface area contributed by atoms with E-state index in [1.54, 1.807) is 24.0 Å². The third-order valence-corrected chi connectivity index (χ3v) is 5.29. The highest BCUT2D eigenvalue weighted by atomic mass is 19.1. The van der Waals surface area contributed by atoms with Crippen LogP contribution in [0.1, 0.15) is 37.3 Å². The van der Waals surface area contributed by atoms with Crippen LogP contribution in [0, 0.1) is 17.7 Å². The smallest absolute Gasteiger partial charge is 0.303 e. The summed E-state index contributed by atoms with van der Waals surface area (Å²) < 4.78 is 13.5. The molecular formula is C19H23FN2O3. The Morgan fingerprint density at radius 1 is 1.36 bits per heavy atom. The molecule has 25 heavy (non-hydrogen) atoms. The number of benzene rings is 1. The molecule has 3 rings (SSSR count). The van der Waals surface area contributed by atoms with Crippen molar-refractivity contribution in [2.45, 2.75) is 32.6 Å². The van der Waals surface area contributed by atoms with Crippen molar-refractivity contribution in [1.82, 2.24) is 4.90 Å². The average molecular weight is 346 g/mol. The molecule has 0 aromatic heterocycles. The predicted octanol–water partition coefficient (Wildman–Crippen LogP) is 2.52. The molecule has 5 nitrogen and oxygen atoms in total. The second kappa shape index (κ2) is 7.33. The molecule has 1 fully saturated rings. The molecule has 0 bridgehead atoms. The lowest BCUT2D eigenvalue weighted by atomic mass is 9.78. The Morgan fingerprint density at radius 2 is 2.16 bits per heavy atom. The number of nitrogens with zero attached hydrogens (tertiary/aromatic N) is 2. The van der Waals surface area contributed by atoms with E-state index in [1.807, 2.05) is 0 Å². The van der Waals surface area contributed by atoms with Crippen molar-refractivity contribution in [1.29, 1.82) is 0 Å². The molecule has 0 spiro atoms. The van der Waals surface area contributed by atoms with E-state index in [-0.39, 0.29) is 30.0 Å². The Bertz CT molecular complexity index is 717. The van der Waals surface area contributed by atoms with Crippen molar-refractivity contribution in [3.05, 3.63) is 35.1 Å². The fourth-order valence-electron chi connectivity index (χ4n) is 3.96. The summed E-state index contributed by atoms with van der Waals surface area (Å²) in [5, 5.41) is 9.20. The zero-order valence-corrected chi connectivity index (χ0v) is 14.4. The molecule has 0 radical (unpaired) electrons. The number of amides is 1. The summed E-state index contributed by atoms with van der Waals surface area (Å²) in [5.74, 6) is -0.944. The molecule has 1 N–H and O–H groups in total. The number of aliphatic imine (C=N–C) groups is 1. The number of hydrogen-bond donors (Lipinski definition) is 1. The van der Waals surface area contributed by atoms with Crippen LogP contribution in [-0.4, -0.2) is 47.2 Å². The molecule has 1 saturated heterocycles. The van der Waals surface area contributed by atoms with E-state index in [0.29, 0.717) is 32.5 Å². The number of carbonyl (C=O) groups is 2. The number of carbonyl (C=O) groups excluding carboxylic acids is 1. The Kier molecular flexibility index (Phi) is 5.16. The largest absolute Gasteiger partial charge is 0.481 e. The minimum atomic E-state index is -0.806. The maximum absolute atomic E-state index is 13.5. The second-order valence-corrected chi connectivity index (χ2v) is 6.96. The van der Waals surface area contributed by atoms with Crippen molar-refractivity contribution in [3.8, 4) is 0 Å². The molecule has 0 aliphatic carbocycles. The number of fused-ring (bicyclic) bond motifs is 1. The van der Waals surface area contributed by atoms with Gasteiger partial charge in [-0.3, -0.25) is 14.6 Å². The van der Waals surface area contributed by atoms with Gasteiger partial charge in [-0.15, -0.1) is 0 Å². The summed E-state index contributed by atoms with van der Waals surface area (Å²) in [6, 6.07) is 4.76. The molecule has 2 atom stereocenters. The third-order valence-electron chi connectivity index (χ3n) is 5.29. The lowest BCUT2D eigenvalue weighted by molar-refractivity contribution is -0.139. The number of piperidine rings is 1. The van der Waals surface area contributed by atoms with Crippen molar-refractivity contribution >= 4 is 17.6 Å². The lowest BCUT2D eigenvalue weighted by Gasteiger charge is -2.38. The van der Waals surface area contributed by atoms with Gasteiger partial charge in [0.25, 0.3) is 0 Å². The topological polar surface area (TPSA) is 70.0 Å². The van der Waals surface area contributed by atoms with Crippen LogP contribution in [0.4, 0.5) is 4.39 Å². The van der Waals surface area contributed by atoms with Crippen LogP contribution in [0.15, 0.2) is 23.2 Å². The third kappa shape index (κ3) is 4.06. The van der Waals surface area contributed by atoms with Gasteiger partial charge in [-0.2, -0.15) is 0 Å². The van der Waals surface area contributed by atoms with Crippen LogP contribution in [0.2, 0.25) is 0 Å². The molecule has 0 saturated carbocycles. The van der Waals surface area contributed by atoms with Crippen LogP contribution in [0.5, 0.6) is 0 Å². The highest BCUT2D eigenvalue weighted by molar-refractivity contribution is 6.02. The van der Waals surface area contributed by atoms with E-state index in [2.05, 4.69) is 4.99 Å². The number of carboxylic acids is 1. The SMILES string of the molecule is CC(=O)N1CC[C@@H](CC(=O)O)[C@@H](CC2=NCCc3cc(F)ccc32)C1. The second-order valence-electron chi connectivity index (χ2n) is 6.96. The van der Waals surface area contributed by atoms with Crippen molar-refractivity contribution in [2.24, 2.45) is 16.8 Å². The zero-order chi connectivity index (χ0) is 18.0. The number of hydrogen-bond acceptors (Lipinski definition) is 3. The summed E-state index contributed by atoms with van der Waals surface area (Å²) in [4.78, 5) is 29.4. The minimum Gasteiger partial charge on any atom is -0.481 e. The first-order valence-electron chi connectivity index (χ1n) is 8.73. The maximum Gasteiger partial charge on any atom is 0.303 e. The Balaban J connectivity index is 1.81. The van der Waals surface area contributed by atoms with Crippen molar-refractivity contribution < 1.29 is 19.1 Å². The van der Waals surface area contributed by atoms with Crippen LogP contribution in [0.25, 0.3) is 0 Å². The molecular weight excluding hydrogens is 323 g/mol. The van der Waals surface area contributed by atoms with Gasteiger partial charge in [0, 0.05) is 38.7 Å². The van der Waals surface area contributed by atoms with Gasteiger partial charge in [0.15, 0.2) is 0 Å². The van der Waals surface area contributed by atoms with Gasteiger partial charge in [-0.05, 0) is 60.4 Å². The first-order chi connectivity index (χ1) is 11.9. The van der Waals surface area contributed by atoms with Gasteiger partial charge >= 0.3 is 5.97 Å². The number of rotatable bonds is 4. The normalized spacial score (nSPS) is 23.0. The van der Waals surface area contributed by atoms with Crippen LogP contribution in [0.3, 0.4) is 0 Å². The zero-order valence-electron chi connectivity index (χ0n) is 14.4. The Morgan fingerprint density at radius 3 is 2.88 bits per heavy atom. The number of likely N-dealkylation sites (tertiary alicyclic amines) is 1. The number of halogens is 1. The Labute approximate surface area is 146 Å². The summed E-state index contributed by atoms with van der Waals surface area (Å²) in [7, 11) is 0. The molecule has 2 aliphatic rings. The quantitative estimate of drug-likeness (QED) is 0.911. The van der Waals surface area contributed by atoms with E-state index in [0.717, 1.165) is 23.3 Å². The molecule has 6 heteroatoms. The van der Waals surface area contributed by atoms with Crippen LogP contribution in [-0.2, 0) is 16.0 Å². The predicted molar refractivity (Wildman–Crippen MR) is 92.2 cm³/mol. The summed E-state index contributed by atoms with van der Waals surface area (Å²) in [6.45, 7) is 3.34. The van der Waals surface area contributed by atoms with Gasteiger partial charge in [0.1, 0.15) is 5.82 Å².